The largest absolute Gasteiger partial charge is 0.497 e. The molecule has 0 aliphatic rings. The predicted molar refractivity (Wildman–Crippen MR) is 111 cm³/mol. The van der Waals surface area contributed by atoms with Crippen LogP contribution in [0.2, 0.25) is 0 Å². The van der Waals surface area contributed by atoms with Crippen LogP contribution in [-0.4, -0.2) is 13.1 Å². The second-order valence-electron chi connectivity index (χ2n) is 6.34. The van der Waals surface area contributed by atoms with Crippen molar-refractivity contribution in [2.75, 3.05) is 7.11 Å². The molecular formula is C24H22O5. The maximum atomic E-state index is 12.4. The third kappa shape index (κ3) is 5.46. The van der Waals surface area contributed by atoms with E-state index >= 15 is 0 Å². The first-order chi connectivity index (χ1) is 14.1. The Bertz CT molecular complexity index is 975. The van der Waals surface area contributed by atoms with Crippen LogP contribution in [0.1, 0.15) is 27.0 Å². The number of hydrogen-bond donors (Lipinski definition) is 0. The van der Waals surface area contributed by atoms with Gasteiger partial charge in [-0.1, -0.05) is 36.4 Å². The van der Waals surface area contributed by atoms with Gasteiger partial charge in [-0.25, -0.2) is 4.79 Å². The Morgan fingerprint density at radius 1 is 0.931 bits per heavy atom. The number of rotatable bonds is 8. The van der Waals surface area contributed by atoms with Crippen molar-refractivity contribution in [3.63, 3.8) is 0 Å². The van der Waals surface area contributed by atoms with Gasteiger partial charge >= 0.3 is 5.97 Å². The Labute approximate surface area is 170 Å². The fourth-order valence-electron chi connectivity index (χ4n) is 2.61. The molecule has 0 saturated heterocycles. The van der Waals surface area contributed by atoms with E-state index in [1.807, 2.05) is 31.2 Å². The molecule has 0 spiro atoms. The highest BCUT2D eigenvalue weighted by Gasteiger charge is 2.12. The molecular weight excluding hydrogens is 368 g/mol. The van der Waals surface area contributed by atoms with Gasteiger partial charge in [0, 0.05) is 0 Å². The van der Waals surface area contributed by atoms with Gasteiger partial charge in [0.2, 0.25) is 0 Å². The van der Waals surface area contributed by atoms with Crippen molar-refractivity contribution in [1.82, 2.24) is 0 Å². The van der Waals surface area contributed by atoms with Crippen LogP contribution in [0.5, 0.6) is 17.2 Å². The van der Waals surface area contributed by atoms with Crippen LogP contribution in [0.3, 0.4) is 0 Å². The molecule has 0 aliphatic heterocycles. The third-order valence-corrected chi connectivity index (χ3v) is 4.26. The van der Waals surface area contributed by atoms with E-state index in [1.54, 1.807) is 55.7 Å². The van der Waals surface area contributed by atoms with Gasteiger partial charge in [-0.3, -0.25) is 0 Å². The van der Waals surface area contributed by atoms with Gasteiger partial charge in [0.15, 0.2) is 5.75 Å². The second kappa shape index (κ2) is 9.57. The van der Waals surface area contributed by atoms with Crippen LogP contribution in [0, 0.1) is 6.92 Å². The van der Waals surface area contributed by atoms with E-state index in [0.29, 0.717) is 22.8 Å². The first-order valence-electron chi connectivity index (χ1n) is 9.07. The lowest BCUT2D eigenvalue weighted by Crippen LogP contribution is -2.09. The minimum Gasteiger partial charge on any atom is -0.497 e. The van der Waals surface area contributed by atoms with E-state index in [2.05, 4.69) is 6.58 Å². The molecule has 0 unspecified atom stereocenters. The second-order valence-corrected chi connectivity index (χ2v) is 6.34. The molecule has 3 aromatic rings. The molecule has 0 bridgehead atoms. The van der Waals surface area contributed by atoms with E-state index in [1.165, 1.54) is 0 Å². The maximum Gasteiger partial charge on any atom is 0.343 e. The molecule has 0 fully saturated rings. The molecule has 5 heteroatoms. The maximum absolute atomic E-state index is 12.4. The number of hydrogen-bond acceptors (Lipinski definition) is 5. The molecule has 148 valence electrons. The predicted octanol–water partition coefficient (Wildman–Crippen LogP) is 5.38. The number of ether oxygens (including phenoxy) is 2. The number of esters is 1. The topological polar surface area (TPSA) is 54.0 Å². The van der Waals surface area contributed by atoms with E-state index in [4.69, 9.17) is 19.2 Å². The summed E-state index contributed by atoms with van der Waals surface area (Å²) in [5.74, 6) is 1.29. The Kier molecular flexibility index (Phi) is 6.66. The number of methoxy groups -OCH3 is 1. The lowest BCUT2D eigenvalue weighted by Gasteiger charge is -2.10. The van der Waals surface area contributed by atoms with Gasteiger partial charge in [0.1, 0.15) is 18.1 Å². The minimum atomic E-state index is -0.457. The van der Waals surface area contributed by atoms with Crippen molar-refractivity contribution in [3.8, 4) is 17.2 Å². The zero-order valence-corrected chi connectivity index (χ0v) is 16.4. The molecule has 0 aromatic heterocycles. The molecule has 29 heavy (non-hydrogen) atoms. The highest BCUT2D eigenvalue weighted by Crippen LogP contribution is 2.20. The summed E-state index contributed by atoms with van der Waals surface area (Å²) in [6.07, 6.45) is 1.66. The smallest absolute Gasteiger partial charge is 0.343 e. The molecule has 0 heterocycles. The van der Waals surface area contributed by atoms with Gasteiger partial charge in [0.05, 0.1) is 12.7 Å². The molecule has 3 aromatic carbocycles. The van der Waals surface area contributed by atoms with E-state index in [9.17, 15) is 4.79 Å². The van der Waals surface area contributed by atoms with Gasteiger partial charge in [-0.05, 0) is 66.6 Å². The number of aryl methyl sites for hydroxylation is 1. The molecule has 0 N–H and O–H groups in total. The lowest BCUT2D eigenvalue weighted by molar-refractivity contribution is -0.217. The highest BCUT2D eigenvalue weighted by molar-refractivity contribution is 5.92. The Morgan fingerprint density at radius 2 is 1.59 bits per heavy atom. The quantitative estimate of drug-likeness (QED) is 0.224. The average molecular weight is 390 g/mol. The first kappa shape index (κ1) is 20.2. The van der Waals surface area contributed by atoms with Crippen LogP contribution in [0.25, 0.3) is 6.08 Å². The van der Waals surface area contributed by atoms with Crippen LogP contribution in [0.4, 0.5) is 0 Å². The van der Waals surface area contributed by atoms with Crippen LogP contribution in [0.15, 0.2) is 73.3 Å². The third-order valence-electron chi connectivity index (χ3n) is 4.26. The minimum absolute atomic E-state index is 0.211. The Hall–Kier alpha value is -3.57. The monoisotopic (exact) mass is 390 g/mol. The van der Waals surface area contributed by atoms with Gasteiger partial charge in [-0.15, -0.1) is 0 Å². The fraction of sp³-hybridized carbons (Fsp3) is 0.125. The summed E-state index contributed by atoms with van der Waals surface area (Å²) in [5.41, 5.74) is 3.16. The van der Waals surface area contributed by atoms with E-state index in [-0.39, 0.29) is 6.61 Å². The number of carbonyl (C=O) groups excluding carboxylic acids is 1. The number of benzene rings is 3. The lowest BCUT2D eigenvalue weighted by atomic mass is 10.0. The summed E-state index contributed by atoms with van der Waals surface area (Å²) >= 11 is 0. The molecule has 0 saturated carbocycles. The summed E-state index contributed by atoms with van der Waals surface area (Å²) < 4.78 is 10.5. The van der Waals surface area contributed by atoms with Crippen molar-refractivity contribution in [2.45, 2.75) is 13.5 Å². The van der Waals surface area contributed by atoms with Crippen molar-refractivity contribution in [2.24, 2.45) is 0 Å². The summed E-state index contributed by atoms with van der Waals surface area (Å²) in [7, 11) is 1.58. The molecule has 0 aliphatic carbocycles. The molecule has 0 radical (unpaired) electrons. The normalized spacial score (nSPS) is 10.3. The van der Waals surface area contributed by atoms with Gasteiger partial charge < -0.3 is 14.4 Å². The van der Waals surface area contributed by atoms with Gasteiger partial charge in [0.25, 0.3) is 0 Å². The van der Waals surface area contributed by atoms with Crippen LogP contribution in [-0.2, 0) is 11.5 Å². The number of carbonyl (C=O) groups is 1. The Balaban J connectivity index is 1.63. The molecule has 5 nitrogen and oxygen atoms in total. The van der Waals surface area contributed by atoms with Gasteiger partial charge in [-0.2, -0.15) is 4.89 Å². The van der Waals surface area contributed by atoms with Crippen molar-refractivity contribution < 1.29 is 24.0 Å². The highest BCUT2D eigenvalue weighted by atomic mass is 17.2. The standard InChI is InChI=1S/C24H22O5/c1-4-18-15-19(24(25)28-22-13-11-21(26-3)12-14-22)7-8-20(18)16-27-29-23-9-5-17(2)6-10-23/h4-15H,1,16H2,2-3H3. The van der Waals surface area contributed by atoms with Crippen molar-refractivity contribution in [1.29, 1.82) is 0 Å². The zero-order chi connectivity index (χ0) is 20.6. The summed E-state index contributed by atoms with van der Waals surface area (Å²) in [6, 6.07) is 19.6. The first-order valence-corrected chi connectivity index (χ1v) is 9.07. The SMILES string of the molecule is C=Cc1cc(C(=O)Oc2ccc(OC)cc2)ccc1COOc1ccc(C)cc1. The van der Waals surface area contributed by atoms with Crippen molar-refractivity contribution in [3.05, 3.63) is 95.6 Å². The summed E-state index contributed by atoms with van der Waals surface area (Å²) in [4.78, 5) is 23.1. The van der Waals surface area contributed by atoms with Crippen LogP contribution >= 0.6 is 0 Å². The summed E-state index contributed by atoms with van der Waals surface area (Å²) in [6.45, 7) is 6.02. The summed E-state index contributed by atoms with van der Waals surface area (Å²) in [5, 5.41) is 0. The Morgan fingerprint density at radius 3 is 2.24 bits per heavy atom. The molecule has 0 atom stereocenters. The van der Waals surface area contributed by atoms with Crippen molar-refractivity contribution >= 4 is 12.0 Å². The molecule has 0 amide bonds. The zero-order valence-electron chi connectivity index (χ0n) is 16.4. The van der Waals surface area contributed by atoms with E-state index < -0.39 is 5.97 Å². The fourth-order valence-corrected chi connectivity index (χ4v) is 2.61. The molecule has 3 rings (SSSR count). The van der Waals surface area contributed by atoms with Crippen LogP contribution < -0.4 is 14.4 Å². The average Bonchev–Trinajstić information content (AvgIpc) is 2.75. The van der Waals surface area contributed by atoms with E-state index in [0.717, 1.165) is 16.7 Å².